The lowest BCUT2D eigenvalue weighted by atomic mass is 9.85. The van der Waals surface area contributed by atoms with Crippen LogP contribution in [0.25, 0.3) is 0 Å². The zero-order chi connectivity index (χ0) is 8.55. The molecule has 2 rings (SSSR count). The van der Waals surface area contributed by atoms with E-state index in [1.54, 1.807) is 0 Å². The molecule has 2 aliphatic carbocycles. The maximum atomic E-state index is 4.17. The van der Waals surface area contributed by atoms with Crippen molar-refractivity contribution in [1.82, 2.24) is 0 Å². The highest BCUT2D eigenvalue weighted by atomic mass is 14.4. The van der Waals surface area contributed by atoms with Crippen molar-refractivity contribution in [3.8, 4) is 0 Å². The molecule has 0 nitrogen and oxygen atoms in total. The second kappa shape index (κ2) is 3.08. The summed E-state index contributed by atoms with van der Waals surface area (Å²) in [6, 6.07) is 0. The van der Waals surface area contributed by atoms with Crippen molar-refractivity contribution >= 4 is 0 Å². The van der Waals surface area contributed by atoms with E-state index in [2.05, 4.69) is 13.2 Å². The van der Waals surface area contributed by atoms with E-state index < -0.39 is 0 Å². The Morgan fingerprint density at radius 2 is 1.25 bits per heavy atom. The van der Waals surface area contributed by atoms with Gasteiger partial charge in [0.05, 0.1) is 0 Å². The van der Waals surface area contributed by atoms with E-state index in [1.807, 2.05) is 0 Å². The molecule has 12 heavy (non-hydrogen) atoms. The van der Waals surface area contributed by atoms with Gasteiger partial charge in [-0.15, -0.1) is 0 Å². The highest BCUT2D eigenvalue weighted by Gasteiger charge is 2.31. The molecule has 0 unspecified atom stereocenters. The van der Waals surface area contributed by atoms with E-state index in [0.717, 1.165) is 11.8 Å². The van der Waals surface area contributed by atoms with Crippen LogP contribution in [0.1, 0.15) is 38.5 Å². The minimum Gasteiger partial charge on any atom is -0.0996 e. The van der Waals surface area contributed by atoms with Gasteiger partial charge >= 0.3 is 0 Å². The molecule has 0 aliphatic heterocycles. The van der Waals surface area contributed by atoms with Gasteiger partial charge in [-0.2, -0.15) is 0 Å². The summed E-state index contributed by atoms with van der Waals surface area (Å²) in [5.74, 6) is 1.61. The molecular formula is C12H18. The largest absolute Gasteiger partial charge is 0.0996 e. The van der Waals surface area contributed by atoms with Crippen LogP contribution >= 0.6 is 0 Å². The van der Waals surface area contributed by atoms with E-state index in [4.69, 9.17) is 0 Å². The lowest BCUT2D eigenvalue weighted by Crippen LogP contribution is -2.10. The summed E-state index contributed by atoms with van der Waals surface area (Å²) in [5, 5.41) is 0. The van der Waals surface area contributed by atoms with E-state index in [0.29, 0.717) is 0 Å². The van der Waals surface area contributed by atoms with Crippen LogP contribution < -0.4 is 0 Å². The second-order valence-corrected chi connectivity index (χ2v) is 4.31. The molecule has 0 heteroatoms. The Labute approximate surface area is 75.4 Å². The molecule has 0 aromatic heterocycles. The third-order valence-electron chi connectivity index (χ3n) is 3.56. The fourth-order valence-electron chi connectivity index (χ4n) is 2.85. The predicted octanol–water partition coefficient (Wildman–Crippen LogP) is 3.70. The van der Waals surface area contributed by atoms with E-state index >= 15 is 0 Å². The van der Waals surface area contributed by atoms with E-state index in [-0.39, 0.29) is 0 Å². The SMILES string of the molecule is C=C1CCC[C@@H]1[C@H]1CCCC1=C. The molecule has 0 amide bonds. The zero-order valence-corrected chi connectivity index (χ0v) is 7.81. The average Bonchev–Trinajstić information content (AvgIpc) is 2.59. The molecule has 0 spiro atoms. The molecule has 0 saturated heterocycles. The first-order valence-corrected chi connectivity index (χ1v) is 5.14. The smallest absolute Gasteiger partial charge is 0.0140 e. The maximum absolute atomic E-state index is 4.17. The van der Waals surface area contributed by atoms with Crippen LogP contribution in [0.5, 0.6) is 0 Å². The molecule has 2 atom stereocenters. The normalized spacial score (nSPS) is 36.3. The third-order valence-corrected chi connectivity index (χ3v) is 3.56. The molecule has 0 bridgehead atoms. The van der Waals surface area contributed by atoms with Crippen LogP contribution in [-0.4, -0.2) is 0 Å². The minimum atomic E-state index is 0.806. The van der Waals surface area contributed by atoms with Gasteiger partial charge in [0, 0.05) is 0 Å². The minimum absolute atomic E-state index is 0.806. The Bertz CT molecular complexity index is 188. The van der Waals surface area contributed by atoms with Gasteiger partial charge in [-0.3, -0.25) is 0 Å². The Balaban J connectivity index is 2.08. The van der Waals surface area contributed by atoms with Crippen LogP contribution in [0.3, 0.4) is 0 Å². The quantitative estimate of drug-likeness (QED) is 0.516. The van der Waals surface area contributed by atoms with Crippen LogP contribution in [0, 0.1) is 11.8 Å². The predicted molar refractivity (Wildman–Crippen MR) is 53.0 cm³/mol. The van der Waals surface area contributed by atoms with Gasteiger partial charge in [-0.1, -0.05) is 24.3 Å². The summed E-state index contributed by atoms with van der Waals surface area (Å²) in [5.41, 5.74) is 3.01. The first-order chi connectivity index (χ1) is 5.79. The van der Waals surface area contributed by atoms with Crippen molar-refractivity contribution in [3.63, 3.8) is 0 Å². The molecule has 66 valence electrons. The topological polar surface area (TPSA) is 0 Å². The van der Waals surface area contributed by atoms with Crippen LogP contribution in [0.4, 0.5) is 0 Å². The summed E-state index contributed by atoms with van der Waals surface area (Å²) in [7, 11) is 0. The van der Waals surface area contributed by atoms with E-state index in [1.165, 1.54) is 49.7 Å². The Hall–Kier alpha value is -0.520. The van der Waals surface area contributed by atoms with Crippen molar-refractivity contribution in [2.45, 2.75) is 38.5 Å². The average molecular weight is 162 g/mol. The van der Waals surface area contributed by atoms with Crippen LogP contribution in [0.15, 0.2) is 24.3 Å². The molecule has 2 aliphatic rings. The summed E-state index contributed by atoms with van der Waals surface area (Å²) in [4.78, 5) is 0. The van der Waals surface area contributed by atoms with Crippen molar-refractivity contribution < 1.29 is 0 Å². The fraction of sp³-hybridized carbons (Fsp3) is 0.667. The Kier molecular flexibility index (Phi) is 2.08. The number of hydrogen-bond donors (Lipinski definition) is 0. The van der Waals surface area contributed by atoms with E-state index in [9.17, 15) is 0 Å². The lowest BCUT2D eigenvalue weighted by Gasteiger charge is -2.20. The van der Waals surface area contributed by atoms with Gasteiger partial charge in [0.15, 0.2) is 0 Å². The first-order valence-electron chi connectivity index (χ1n) is 5.14. The molecule has 2 saturated carbocycles. The standard InChI is InChI=1S/C12H18/c1-9-5-3-7-11(9)12-8-4-6-10(12)2/h11-12H,1-8H2/t11-,12-/m0/s1. The number of hydrogen-bond acceptors (Lipinski definition) is 0. The maximum Gasteiger partial charge on any atom is -0.0140 e. The molecule has 0 aromatic carbocycles. The van der Waals surface area contributed by atoms with Gasteiger partial charge in [-0.25, -0.2) is 0 Å². The number of allylic oxidation sites excluding steroid dienone is 2. The summed E-state index contributed by atoms with van der Waals surface area (Å²) < 4.78 is 0. The van der Waals surface area contributed by atoms with Crippen molar-refractivity contribution in [2.24, 2.45) is 11.8 Å². The summed E-state index contributed by atoms with van der Waals surface area (Å²) >= 11 is 0. The van der Waals surface area contributed by atoms with Crippen LogP contribution in [0.2, 0.25) is 0 Å². The second-order valence-electron chi connectivity index (χ2n) is 4.31. The Morgan fingerprint density at radius 1 is 0.833 bits per heavy atom. The van der Waals surface area contributed by atoms with Crippen molar-refractivity contribution in [3.05, 3.63) is 24.3 Å². The van der Waals surface area contributed by atoms with Gasteiger partial charge in [-0.05, 0) is 50.4 Å². The zero-order valence-electron chi connectivity index (χ0n) is 7.81. The molecule has 0 aromatic rings. The molecule has 0 N–H and O–H groups in total. The monoisotopic (exact) mass is 162 g/mol. The first kappa shape index (κ1) is 8.10. The molecule has 0 heterocycles. The summed E-state index contributed by atoms with van der Waals surface area (Å²) in [6.07, 6.45) is 8.04. The number of rotatable bonds is 1. The third kappa shape index (κ3) is 1.24. The fourth-order valence-corrected chi connectivity index (χ4v) is 2.85. The van der Waals surface area contributed by atoms with Crippen molar-refractivity contribution in [2.75, 3.05) is 0 Å². The van der Waals surface area contributed by atoms with Gasteiger partial charge < -0.3 is 0 Å². The highest BCUT2D eigenvalue weighted by molar-refractivity contribution is 5.17. The van der Waals surface area contributed by atoms with Crippen molar-refractivity contribution in [1.29, 1.82) is 0 Å². The lowest BCUT2D eigenvalue weighted by molar-refractivity contribution is 0.450. The van der Waals surface area contributed by atoms with Gasteiger partial charge in [0.1, 0.15) is 0 Å². The molecular weight excluding hydrogens is 144 g/mol. The van der Waals surface area contributed by atoms with Crippen LogP contribution in [-0.2, 0) is 0 Å². The summed E-state index contributed by atoms with van der Waals surface area (Å²) in [6.45, 7) is 8.35. The Morgan fingerprint density at radius 3 is 1.50 bits per heavy atom. The molecule has 2 fully saturated rings. The van der Waals surface area contributed by atoms with Gasteiger partial charge in [0.25, 0.3) is 0 Å². The van der Waals surface area contributed by atoms with Gasteiger partial charge in [0.2, 0.25) is 0 Å². The highest BCUT2D eigenvalue weighted by Crippen LogP contribution is 2.44. The molecule has 0 radical (unpaired) electrons.